The fourth-order valence-corrected chi connectivity index (χ4v) is 3.55. The fourth-order valence-electron chi connectivity index (χ4n) is 2.54. The van der Waals surface area contributed by atoms with E-state index in [1.54, 1.807) is 24.3 Å². The molecule has 3 rings (SSSR count). The first-order valence-corrected chi connectivity index (χ1v) is 9.10. The van der Waals surface area contributed by atoms with Gasteiger partial charge in [0, 0.05) is 12.2 Å². The van der Waals surface area contributed by atoms with Crippen LogP contribution in [0, 0.1) is 0 Å². The summed E-state index contributed by atoms with van der Waals surface area (Å²) in [4.78, 5) is 11.5. The maximum atomic E-state index is 12.3. The van der Waals surface area contributed by atoms with E-state index in [0.29, 0.717) is 18.8 Å². The van der Waals surface area contributed by atoms with Gasteiger partial charge in [0.05, 0.1) is 17.9 Å². The molecule has 1 aliphatic rings. The lowest BCUT2D eigenvalue weighted by Crippen LogP contribution is -2.23. The van der Waals surface area contributed by atoms with Crippen molar-refractivity contribution in [2.24, 2.45) is 0 Å². The van der Waals surface area contributed by atoms with Gasteiger partial charge in [-0.1, -0.05) is 12.1 Å². The molecule has 1 amide bonds. The number of fused-ring (bicyclic) bond motifs is 1. The number of hydrogen-bond acceptors (Lipinski definition) is 4. The molecule has 7 heteroatoms. The molecule has 2 aromatic rings. The molecule has 0 fully saturated rings. The number of hydrogen-bond donors (Lipinski definition) is 2. The quantitative estimate of drug-likeness (QED) is 0.838. The molecule has 126 valence electrons. The molecule has 24 heavy (non-hydrogen) atoms. The zero-order valence-corrected chi connectivity index (χ0v) is 14.0. The van der Waals surface area contributed by atoms with E-state index in [0.717, 1.165) is 16.8 Å². The molecule has 0 saturated heterocycles. The van der Waals surface area contributed by atoms with E-state index in [2.05, 4.69) is 10.0 Å². The average molecular weight is 346 g/mol. The summed E-state index contributed by atoms with van der Waals surface area (Å²) in [7, 11) is -3.60. The summed E-state index contributed by atoms with van der Waals surface area (Å²) in [6.07, 6.45) is 0.328. The number of amides is 1. The highest BCUT2D eigenvalue weighted by Crippen LogP contribution is 2.24. The van der Waals surface area contributed by atoms with Crippen molar-refractivity contribution < 1.29 is 17.9 Å². The van der Waals surface area contributed by atoms with Crippen LogP contribution in [0.3, 0.4) is 0 Å². The van der Waals surface area contributed by atoms with Crippen LogP contribution in [0.5, 0.6) is 5.75 Å². The van der Waals surface area contributed by atoms with E-state index in [-0.39, 0.29) is 17.3 Å². The number of nitrogens with one attached hydrogen (secondary N) is 2. The van der Waals surface area contributed by atoms with Gasteiger partial charge in [-0.2, -0.15) is 0 Å². The van der Waals surface area contributed by atoms with Crippen LogP contribution in [-0.4, -0.2) is 20.9 Å². The molecule has 0 unspecified atom stereocenters. The largest absolute Gasteiger partial charge is 0.494 e. The van der Waals surface area contributed by atoms with Crippen molar-refractivity contribution in [3.8, 4) is 5.75 Å². The summed E-state index contributed by atoms with van der Waals surface area (Å²) < 4.78 is 32.6. The minimum Gasteiger partial charge on any atom is -0.494 e. The summed E-state index contributed by atoms with van der Waals surface area (Å²) >= 11 is 0. The first-order chi connectivity index (χ1) is 11.5. The molecule has 2 N–H and O–H groups in total. The number of carbonyl (C=O) groups excluding carboxylic acids is 1. The third-order valence-electron chi connectivity index (χ3n) is 3.71. The summed E-state index contributed by atoms with van der Waals surface area (Å²) in [5.41, 5.74) is 2.48. The Morgan fingerprint density at radius 2 is 1.92 bits per heavy atom. The Kier molecular flexibility index (Phi) is 4.55. The van der Waals surface area contributed by atoms with Crippen LogP contribution in [-0.2, 0) is 27.8 Å². The second-order valence-electron chi connectivity index (χ2n) is 5.45. The SMILES string of the molecule is CCOc1ccc(S(=O)(=O)NCc2ccc3c(c2)CC(=O)N3)cc1. The highest BCUT2D eigenvalue weighted by Gasteiger charge is 2.18. The fraction of sp³-hybridized carbons (Fsp3) is 0.235. The number of sulfonamides is 1. The lowest BCUT2D eigenvalue weighted by molar-refractivity contribution is -0.115. The van der Waals surface area contributed by atoms with Crippen LogP contribution in [0.15, 0.2) is 47.4 Å². The van der Waals surface area contributed by atoms with Crippen molar-refractivity contribution in [3.05, 3.63) is 53.6 Å². The molecule has 1 heterocycles. The van der Waals surface area contributed by atoms with Gasteiger partial charge in [-0.3, -0.25) is 4.79 Å². The Labute approximate surface area is 140 Å². The lowest BCUT2D eigenvalue weighted by Gasteiger charge is -2.09. The van der Waals surface area contributed by atoms with Gasteiger partial charge in [-0.05, 0) is 48.4 Å². The van der Waals surface area contributed by atoms with Gasteiger partial charge in [0.25, 0.3) is 0 Å². The predicted octanol–water partition coefficient (Wildman–Crippen LogP) is 2.06. The van der Waals surface area contributed by atoms with Crippen LogP contribution in [0.4, 0.5) is 5.69 Å². The number of carbonyl (C=O) groups is 1. The number of benzene rings is 2. The molecule has 0 atom stereocenters. The normalized spacial score (nSPS) is 13.5. The second kappa shape index (κ2) is 6.62. The highest BCUT2D eigenvalue weighted by atomic mass is 32.2. The first kappa shape index (κ1) is 16.5. The zero-order valence-electron chi connectivity index (χ0n) is 13.2. The molecule has 0 spiro atoms. The highest BCUT2D eigenvalue weighted by molar-refractivity contribution is 7.89. The topological polar surface area (TPSA) is 84.5 Å². The molecular formula is C17H18N2O4S. The van der Waals surface area contributed by atoms with Crippen molar-refractivity contribution in [2.75, 3.05) is 11.9 Å². The van der Waals surface area contributed by atoms with Crippen molar-refractivity contribution in [1.82, 2.24) is 4.72 Å². The van der Waals surface area contributed by atoms with Crippen LogP contribution >= 0.6 is 0 Å². The molecule has 0 aliphatic carbocycles. The van der Waals surface area contributed by atoms with E-state index >= 15 is 0 Å². The Balaban J connectivity index is 1.69. The standard InChI is InChI=1S/C17H18N2O4S/c1-2-23-14-4-6-15(7-5-14)24(21,22)18-11-12-3-8-16-13(9-12)10-17(20)19-16/h3-9,18H,2,10-11H2,1H3,(H,19,20). The van der Waals surface area contributed by atoms with Gasteiger partial charge in [0.15, 0.2) is 0 Å². The van der Waals surface area contributed by atoms with E-state index in [4.69, 9.17) is 4.74 Å². The minimum absolute atomic E-state index is 0.0443. The Hall–Kier alpha value is -2.38. The summed E-state index contributed by atoms with van der Waals surface area (Å²) in [5, 5.41) is 2.75. The number of ether oxygens (including phenoxy) is 1. The molecule has 0 radical (unpaired) electrons. The maximum Gasteiger partial charge on any atom is 0.240 e. The van der Waals surface area contributed by atoms with Gasteiger partial charge in [0.2, 0.25) is 15.9 Å². The van der Waals surface area contributed by atoms with Crippen LogP contribution < -0.4 is 14.8 Å². The van der Waals surface area contributed by atoms with E-state index < -0.39 is 10.0 Å². The molecule has 0 saturated carbocycles. The molecule has 2 aromatic carbocycles. The monoisotopic (exact) mass is 346 g/mol. The number of anilines is 1. The van der Waals surface area contributed by atoms with Crippen LogP contribution in [0.1, 0.15) is 18.1 Å². The maximum absolute atomic E-state index is 12.3. The van der Waals surface area contributed by atoms with Crippen molar-refractivity contribution in [1.29, 1.82) is 0 Å². The molecule has 6 nitrogen and oxygen atoms in total. The lowest BCUT2D eigenvalue weighted by atomic mass is 10.1. The van der Waals surface area contributed by atoms with Crippen LogP contribution in [0.2, 0.25) is 0 Å². The van der Waals surface area contributed by atoms with Gasteiger partial charge in [-0.25, -0.2) is 13.1 Å². The third kappa shape index (κ3) is 3.58. The summed E-state index contributed by atoms with van der Waals surface area (Å²) in [6, 6.07) is 11.7. The van der Waals surface area contributed by atoms with E-state index in [1.807, 2.05) is 13.0 Å². The third-order valence-corrected chi connectivity index (χ3v) is 5.12. The van der Waals surface area contributed by atoms with Crippen molar-refractivity contribution >= 4 is 21.6 Å². The van der Waals surface area contributed by atoms with Gasteiger partial charge in [0.1, 0.15) is 5.75 Å². The Morgan fingerprint density at radius 1 is 1.17 bits per heavy atom. The number of rotatable bonds is 6. The van der Waals surface area contributed by atoms with Crippen molar-refractivity contribution in [3.63, 3.8) is 0 Å². The predicted molar refractivity (Wildman–Crippen MR) is 90.4 cm³/mol. The van der Waals surface area contributed by atoms with Gasteiger partial charge >= 0.3 is 0 Å². The zero-order chi connectivity index (χ0) is 17.2. The van der Waals surface area contributed by atoms with E-state index in [1.165, 1.54) is 12.1 Å². The average Bonchev–Trinajstić information content (AvgIpc) is 2.93. The van der Waals surface area contributed by atoms with Crippen LogP contribution in [0.25, 0.3) is 0 Å². The Bertz CT molecular complexity index is 861. The molecule has 0 aromatic heterocycles. The second-order valence-corrected chi connectivity index (χ2v) is 7.21. The Morgan fingerprint density at radius 3 is 2.62 bits per heavy atom. The minimum atomic E-state index is -3.60. The van der Waals surface area contributed by atoms with Gasteiger partial charge < -0.3 is 10.1 Å². The first-order valence-electron chi connectivity index (χ1n) is 7.62. The molecule has 0 bridgehead atoms. The molecular weight excluding hydrogens is 328 g/mol. The summed E-state index contributed by atoms with van der Waals surface area (Å²) in [6.45, 7) is 2.56. The summed E-state index contributed by atoms with van der Waals surface area (Å²) in [5.74, 6) is 0.587. The smallest absolute Gasteiger partial charge is 0.240 e. The van der Waals surface area contributed by atoms with E-state index in [9.17, 15) is 13.2 Å². The molecule has 1 aliphatic heterocycles. The van der Waals surface area contributed by atoms with Gasteiger partial charge in [-0.15, -0.1) is 0 Å². The van der Waals surface area contributed by atoms with Crippen molar-refractivity contribution in [2.45, 2.75) is 24.8 Å².